The Kier molecular flexibility index (Phi) is 6.09. The van der Waals surface area contributed by atoms with Crippen LogP contribution in [0.1, 0.15) is 18.2 Å². The van der Waals surface area contributed by atoms with Crippen molar-refractivity contribution in [2.24, 2.45) is 0 Å². The van der Waals surface area contributed by atoms with E-state index in [2.05, 4.69) is 54.7 Å². The Balaban J connectivity index is 1.50. The number of rotatable bonds is 4. The molecule has 0 saturated carbocycles. The molecule has 0 unspecified atom stereocenters. The molecule has 0 amide bonds. The molecule has 1 aliphatic rings. The van der Waals surface area contributed by atoms with E-state index in [1.165, 1.54) is 11.3 Å². The van der Waals surface area contributed by atoms with Gasteiger partial charge in [-0.25, -0.2) is 0 Å². The van der Waals surface area contributed by atoms with Gasteiger partial charge in [-0.2, -0.15) is 5.10 Å². The topological polar surface area (TPSA) is 36.3 Å². The molecular weight excluding hydrogens is 398 g/mol. The summed E-state index contributed by atoms with van der Waals surface area (Å²) >= 11 is 9.02. The highest BCUT2D eigenvalue weighted by Crippen LogP contribution is 2.16. The molecule has 1 aliphatic heterocycles. The quantitative estimate of drug-likeness (QED) is 0.764. The van der Waals surface area contributed by atoms with E-state index in [0.29, 0.717) is 0 Å². The van der Waals surface area contributed by atoms with Crippen LogP contribution in [0.4, 0.5) is 5.69 Å². The van der Waals surface area contributed by atoms with E-state index < -0.39 is 0 Å². The Bertz CT molecular complexity index is 720. The summed E-state index contributed by atoms with van der Waals surface area (Å²) in [5.41, 5.74) is 3.63. The average Bonchev–Trinajstić information content (AvgIpc) is 2.97. The minimum absolute atomic E-state index is 0.803. The highest BCUT2D eigenvalue weighted by atomic mass is 79.9. The van der Waals surface area contributed by atoms with E-state index >= 15 is 0 Å². The number of anilines is 1. The zero-order valence-corrected chi connectivity index (χ0v) is 17.1. The monoisotopic (exact) mass is 421 g/mol. The lowest BCUT2D eigenvalue weighted by molar-refractivity contribution is 0.176. The number of halogens is 1. The summed E-state index contributed by atoms with van der Waals surface area (Å²) in [4.78, 5) is 4.72. The lowest BCUT2D eigenvalue weighted by atomic mass is 10.2. The first kappa shape index (κ1) is 18.4. The van der Waals surface area contributed by atoms with Gasteiger partial charge in [0.05, 0.1) is 6.20 Å². The molecule has 1 N–H and O–H groups in total. The molecule has 134 valence electrons. The van der Waals surface area contributed by atoms with E-state index in [4.69, 9.17) is 12.2 Å². The van der Waals surface area contributed by atoms with Gasteiger partial charge in [-0.15, -0.1) is 0 Å². The van der Waals surface area contributed by atoms with Crippen LogP contribution in [0.25, 0.3) is 0 Å². The summed E-state index contributed by atoms with van der Waals surface area (Å²) in [6, 6.07) is 8.09. The molecule has 1 saturated heterocycles. The van der Waals surface area contributed by atoms with E-state index in [1.54, 1.807) is 0 Å². The number of nitrogens with one attached hydrogen (secondary N) is 1. The number of piperazine rings is 1. The third-order valence-electron chi connectivity index (χ3n) is 4.65. The summed E-state index contributed by atoms with van der Waals surface area (Å²) in [6.45, 7) is 10.1. The van der Waals surface area contributed by atoms with Crippen molar-refractivity contribution < 1.29 is 0 Å². The maximum atomic E-state index is 5.57. The van der Waals surface area contributed by atoms with E-state index in [1.807, 2.05) is 30.5 Å². The molecule has 1 aromatic carbocycles. The number of benzene rings is 1. The van der Waals surface area contributed by atoms with Crippen molar-refractivity contribution in [2.75, 3.05) is 31.5 Å². The maximum Gasteiger partial charge on any atom is 0.173 e. The predicted molar refractivity (Wildman–Crippen MR) is 110 cm³/mol. The Morgan fingerprint density at radius 1 is 1.20 bits per heavy atom. The fraction of sp³-hybridized carbons (Fsp3) is 0.444. The molecule has 0 atom stereocenters. The molecule has 2 heterocycles. The Morgan fingerprint density at radius 2 is 1.88 bits per heavy atom. The maximum absolute atomic E-state index is 5.57. The SMILES string of the molecule is CCn1ncc(CN2CCN(C(=S)Nc3ccc(Br)cc3)CC2)c1C. The minimum atomic E-state index is 0.803. The molecule has 0 bridgehead atoms. The zero-order valence-electron chi connectivity index (χ0n) is 14.7. The van der Waals surface area contributed by atoms with Gasteiger partial charge in [0.2, 0.25) is 0 Å². The standard InChI is InChI=1S/C18H24BrN5S/c1-3-24-14(2)15(12-20-24)13-22-8-10-23(11-9-22)18(25)21-17-6-4-16(19)5-7-17/h4-7,12H,3,8-11,13H2,1-2H3,(H,21,25). The fourth-order valence-corrected chi connectivity index (χ4v) is 3.61. The van der Waals surface area contributed by atoms with Crippen LogP contribution in [0.3, 0.4) is 0 Å². The van der Waals surface area contributed by atoms with Crippen LogP contribution < -0.4 is 5.32 Å². The van der Waals surface area contributed by atoms with Crippen molar-refractivity contribution in [1.82, 2.24) is 19.6 Å². The summed E-state index contributed by atoms with van der Waals surface area (Å²) in [5.74, 6) is 0. The predicted octanol–water partition coefficient (Wildman–Crippen LogP) is 3.49. The summed E-state index contributed by atoms with van der Waals surface area (Å²) in [6.07, 6.45) is 2.00. The Hall–Kier alpha value is -1.44. The molecule has 1 aromatic heterocycles. The van der Waals surface area contributed by atoms with Crippen LogP contribution in [-0.4, -0.2) is 50.9 Å². The molecule has 3 rings (SSSR count). The second-order valence-corrected chi connectivity index (χ2v) is 7.57. The molecule has 1 fully saturated rings. The van der Waals surface area contributed by atoms with Crippen LogP contribution in [0.2, 0.25) is 0 Å². The fourth-order valence-electron chi connectivity index (χ4n) is 3.04. The van der Waals surface area contributed by atoms with Gasteiger partial charge in [0, 0.05) is 60.7 Å². The van der Waals surface area contributed by atoms with Crippen molar-refractivity contribution in [1.29, 1.82) is 0 Å². The number of thiocarbonyl (C=S) groups is 1. The third kappa shape index (κ3) is 4.59. The Labute approximate surface area is 163 Å². The van der Waals surface area contributed by atoms with Crippen LogP contribution in [0.5, 0.6) is 0 Å². The number of hydrogen-bond donors (Lipinski definition) is 1. The molecule has 2 aromatic rings. The Morgan fingerprint density at radius 3 is 2.48 bits per heavy atom. The minimum Gasteiger partial charge on any atom is -0.346 e. The van der Waals surface area contributed by atoms with Crippen molar-refractivity contribution in [3.05, 3.63) is 46.2 Å². The number of hydrogen-bond acceptors (Lipinski definition) is 3. The van der Waals surface area contributed by atoms with Gasteiger partial charge in [0.15, 0.2) is 5.11 Å². The van der Waals surface area contributed by atoms with Crippen molar-refractivity contribution in [3.63, 3.8) is 0 Å². The lowest BCUT2D eigenvalue weighted by Crippen LogP contribution is -2.49. The summed E-state index contributed by atoms with van der Waals surface area (Å²) in [5, 5.41) is 8.57. The molecule has 0 spiro atoms. The van der Waals surface area contributed by atoms with Crippen molar-refractivity contribution in [3.8, 4) is 0 Å². The second-order valence-electron chi connectivity index (χ2n) is 6.27. The van der Waals surface area contributed by atoms with Crippen molar-refractivity contribution >= 4 is 38.9 Å². The molecule has 25 heavy (non-hydrogen) atoms. The van der Waals surface area contributed by atoms with E-state index in [9.17, 15) is 0 Å². The third-order valence-corrected chi connectivity index (χ3v) is 5.54. The number of nitrogens with zero attached hydrogens (tertiary/aromatic N) is 4. The van der Waals surface area contributed by atoms with Gasteiger partial charge in [0.25, 0.3) is 0 Å². The lowest BCUT2D eigenvalue weighted by Gasteiger charge is -2.36. The first-order chi connectivity index (χ1) is 12.1. The van der Waals surface area contributed by atoms with Gasteiger partial charge in [-0.1, -0.05) is 15.9 Å². The normalized spacial score (nSPS) is 15.4. The van der Waals surface area contributed by atoms with E-state index in [0.717, 1.165) is 54.5 Å². The largest absolute Gasteiger partial charge is 0.346 e. The van der Waals surface area contributed by atoms with Crippen molar-refractivity contribution in [2.45, 2.75) is 26.9 Å². The smallest absolute Gasteiger partial charge is 0.173 e. The van der Waals surface area contributed by atoms with Crippen LogP contribution in [0, 0.1) is 6.92 Å². The van der Waals surface area contributed by atoms with Crippen LogP contribution >= 0.6 is 28.1 Å². The molecule has 0 radical (unpaired) electrons. The first-order valence-electron chi connectivity index (χ1n) is 8.62. The second kappa shape index (κ2) is 8.29. The number of aryl methyl sites for hydroxylation is 1. The number of aromatic nitrogens is 2. The average molecular weight is 422 g/mol. The molecule has 7 heteroatoms. The molecule has 5 nitrogen and oxygen atoms in total. The van der Waals surface area contributed by atoms with Gasteiger partial charge < -0.3 is 10.2 Å². The molecule has 0 aliphatic carbocycles. The van der Waals surface area contributed by atoms with Gasteiger partial charge in [-0.3, -0.25) is 9.58 Å². The van der Waals surface area contributed by atoms with Gasteiger partial charge in [0.1, 0.15) is 0 Å². The van der Waals surface area contributed by atoms with Crippen LogP contribution in [0.15, 0.2) is 34.9 Å². The van der Waals surface area contributed by atoms with Gasteiger partial charge in [-0.05, 0) is 50.3 Å². The highest BCUT2D eigenvalue weighted by molar-refractivity contribution is 9.10. The first-order valence-corrected chi connectivity index (χ1v) is 9.82. The zero-order chi connectivity index (χ0) is 17.8. The summed E-state index contributed by atoms with van der Waals surface area (Å²) in [7, 11) is 0. The van der Waals surface area contributed by atoms with Crippen LogP contribution in [-0.2, 0) is 13.1 Å². The highest BCUT2D eigenvalue weighted by Gasteiger charge is 2.20. The summed E-state index contributed by atoms with van der Waals surface area (Å²) < 4.78 is 3.13. The van der Waals surface area contributed by atoms with E-state index in [-0.39, 0.29) is 0 Å². The molecular formula is C18H24BrN5S. The van der Waals surface area contributed by atoms with Gasteiger partial charge >= 0.3 is 0 Å².